The third kappa shape index (κ3) is 6.92. The van der Waals surface area contributed by atoms with E-state index in [-0.39, 0.29) is 24.6 Å². The highest BCUT2D eigenvalue weighted by molar-refractivity contribution is 6.30. The monoisotopic (exact) mass is 603 g/mol. The molecule has 0 radical (unpaired) electrons. The van der Waals surface area contributed by atoms with Crippen LogP contribution in [0.3, 0.4) is 0 Å². The Morgan fingerprint density at radius 3 is 2.23 bits per heavy atom. The number of hydrogen-bond acceptors (Lipinski definition) is 6. The largest absolute Gasteiger partial charge is 0.489 e. The number of halogens is 2. The highest BCUT2D eigenvalue weighted by Crippen LogP contribution is 2.48. The molecule has 0 saturated heterocycles. The smallest absolute Gasteiger partial charge is 0.310 e. The molecule has 1 aromatic heterocycles. The maximum absolute atomic E-state index is 15.1. The van der Waals surface area contributed by atoms with Crippen LogP contribution in [0.2, 0.25) is 5.02 Å². The van der Waals surface area contributed by atoms with Crippen LogP contribution in [-0.4, -0.2) is 29.0 Å². The second-order valence-corrected chi connectivity index (χ2v) is 10.3. The van der Waals surface area contributed by atoms with Crippen molar-refractivity contribution >= 4 is 40.8 Å². The summed E-state index contributed by atoms with van der Waals surface area (Å²) in [6.45, 7) is 1.98. The number of carbonyl (C=O) groups is 3. The van der Waals surface area contributed by atoms with Crippen molar-refractivity contribution in [2.75, 3.05) is 17.2 Å². The van der Waals surface area contributed by atoms with Gasteiger partial charge in [0.1, 0.15) is 18.2 Å². The van der Waals surface area contributed by atoms with Gasteiger partial charge in [0.25, 0.3) is 5.56 Å². The molecule has 3 aromatic carbocycles. The number of anilines is 2. The lowest BCUT2D eigenvalue weighted by molar-refractivity contribution is -0.146. The van der Waals surface area contributed by atoms with E-state index in [0.29, 0.717) is 16.5 Å². The number of esters is 1. The molecule has 1 fully saturated rings. The molecule has 3 atom stereocenters. The quantitative estimate of drug-likeness (QED) is 0.240. The van der Waals surface area contributed by atoms with Crippen LogP contribution in [0.1, 0.15) is 12.5 Å². The lowest BCUT2D eigenvalue weighted by Gasteiger charge is -2.11. The number of nitrogens with zero attached hydrogens (tertiary/aromatic N) is 1. The van der Waals surface area contributed by atoms with Crippen molar-refractivity contribution in [3.05, 3.63) is 118 Å². The lowest BCUT2D eigenvalue weighted by Crippen LogP contribution is -2.21. The number of hydrogen-bond donors (Lipinski definition) is 2. The zero-order valence-electron chi connectivity index (χ0n) is 23.0. The highest BCUT2D eigenvalue weighted by Gasteiger charge is 2.63. The van der Waals surface area contributed by atoms with Crippen molar-refractivity contribution in [2.45, 2.75) is 13.5 Å². The Hall–Kier alpha value is -4.96. The first-order chi connectivity index (χ1) is 20.7. The normalized spacial score (nSPS) is 17.0. The van der Waals surface area contributed by atoms with Crippen molar-refractivity contribution in [1.82, 2.24) is 4.57 Å². The Bertz CT molecular complexity index is 1710. The second kappa shape index (κ2) is 12.9. The topological polar surface area (TPSA) is 116 Å². The van der Waals surface area contributed by atoms with E-state index >= 15 is 4.39 Å². The SMILES string of the molecule is CCOC(=O)C1C(C(=O)Nc2ccc(Cl)cc2)C1C(=O)Nc1ccc(-n2ccc(OCc3ccccc3)cc2=O)cc1F. The van der Waals surface area contributed by atoms with Crippen LogP contribution >= 0.6 is 11.6 Å². The van der Waals surface area contributed by atoms with Gasteiger partial charge in [0.05, 0.1) is 35.7 Å². The van der Waals surface area contributed by atoms with Gasteiger partial charge in [-0.05, 0) is 55.0 Å². The summed E-state index contributed by atoms with van der Waals surface area (Å²) < 4.78 is 27.1. The summed E-state index contributed by atoms with van der Waals surface area (Å²) in [6.07, 6.45) is 1.47. The molecule has 5 rings (SSSR count). The van der Waals surface area contributed by atoms with Crippen LogP contribution in [-0.2, 0) is 25.7 Å². The van der Waals surface area contributed by atoms with Gasteiger partial charge in [0.2, 0.25) is 11.8 Å². The molecule has 0 bridgehead atoms. The van der Waals surface area contributed by atoms with E-state index in [1.807, 2.05) is 30.3 Å². The van der Waals surface area contributed by atoms with Crippen LogP contribution in [0, 0.1) is 23.6 Å². The first-order valence-corrected chi connectivity index (χ1v) is 13.9. The number of aromatic nitrogens is 1. The molecule has 1 heterocycles. The minimum absolute atomic E-state index is 0.0742. The number of pyridine rings is 1. The molecule has 2 amide bonds. The van der Waals surface area contributed by atoms with E-state index < -0.39 is 46.9 Å². The number of benzene rings is 3. The van der Waals surface area contributed by atoms with Crippen LogP contribution in [0.15, 0.2) is 95.9 Å². The summed E-state index contributed by atoms with van der Waals surface area (Å²) in [4.78, 5) is 51.3. The van der Waals surface area contributed by atoms with Crippen molar-refractivity contribution < 1.29 is 28.2 Å². The van der Waals surface area contributed by atoms with Gasteiger partial charge < -0.3 is 20.1 Å². The molecule has 1 saturated carbocycles. The molecule has 1 aliphatic rings. The molecule has 3 unspecified atom stereocenters. The first-order valence-electron chi connectivity index (χ1n) is 13.5. The molecule has 0 aliphatic heterocycles. The number of rotatable bonds is 10. The fraction of sp³-hybridized carbons (Fsp3) is 0.188. The summed E-state index contributed by atoms with van der Waals surface area (Å²) in [5.41, 5.74) is 1.00. The zero-order valence-corrected chi connectivity index (χ0v) is 23.7. The average Bonchev–Trinajstić information content (AvgIpc) is 3.76. The van der Waals surface area contributed by atoms with Gasteiger partial charge in [-0.25, -0.2) is 4.39 Å². The molecular formula is C32H27ClFN3O6. The van der Waals surface area contributed by atoms with E-state index in [2.05, 4.69) is 10.6 Å². The number of amides is 2. The average molecular weight is 604 g/mol. The Balaban J connectivity index is 1.26. The maximum Gasteiger partial charge on any atom is 0.310 e. The van der Waals surface area contributed by atoms with Crippen LogP contribution in [0.25, 0.3) is 5.69 Å². The molecule has 0 spiro atoms. The van der Waals surface area contributed by atoms with Gasteiger partial charge in [-0.3, -0.25) is 23.7 Å². The molecule has 43 heavy (non-hydrogen) atoms. The van der Waals surface area contributed by atoms with E-state index in [0.717, 1.165) is 11.6 Å². The van der Waals surface area contributed by atoms with Crippen LogP contribution in [0.5, 0.6) is 5.75 Å². The minimum atomic E-state index is -1.06. The lowest BCUT2D eigenvalue weighted by atomic mass is 10.2. The van der Waals surface area contributed by atoms with E-state index in [9.17, 15) is 19.2 Å². The number of nitrogens with one attached hydrogen (secondary N) is 2. The zero-order chi connectivity index (χ0) is 30.5. The molecule has 11 heteroatoms. The summed E-state index contributed by atoms with van der Waals surface area (Å²) in [7, 11) is 0. The highest BCUT2D eigenvalue weighted by atomic mass is 35.5. The van der Waals surface area contributed by atoms with Gasteiger partial charge in [-0.2, -0.15) is 0 Å². The number of carbonyl (C=O) groups excluding carboxylic acids is 3. The molecule has 4 aromatic rings. The van der Waals surface area contributed by atoms with Gasteiger partial charge in [0.15, 0.2) is 0 Å². The Morgan fingerprint density at radius 2 is 1.58 bits per heavy atom. The van der Waals surface area contributed by atoms with E-state index in [1.165, 1.54) is 29.0 Å². The standard InChI is InChI=1S/C32H27ClFN3O6/c1-2-42-32(41)29-27(30(39)35-21-10-8-20(33)9-11-21)28(29)31(40)36-25-13-12-22(16-24(25)34)37-15-14-23(17-26(37)38)43-18-19-6-4-3-5-7-19/h3-17,27-29H,2,18H2,1H3,(H,35,39)(H,36,40). The summed E-state index contributed by atoms with van der Waals surface area (Å²) in [6, 6.07) is 22.6. The van der Waals surface area contributed by atoms with E-state index in [4.69, 9.17) is 21.1 Å². The first kappa shape index (κ1) is 29.5. The molecule has 220 valence electrons. The van der Waals surface area contributed by atoms with Crippen molar-refractivity contribution in [1.29, 1.82) is 0 Å². The summed E-state index contributed by atoms with van der Waals surface area (Å²) in [5.74, 6) is -5.47. The van der Waals surface area contributed by atoms with Crippen molar-refractivity contribution in [3.8, 4) is 11.4 Å². The predicted molar refractivity (Wildman–Crippen MR) is 159 cm³/mol. The van der Waals surface area contributed by atoms with Crippen LogP contribution < -0.4 is 20.9 Å². The van der Waals surface area contributed by atoms with Gasteiger partial charge in [-0.15, -0.1) is 0 Å². The Kier molecular flexibility index (Phi) is 8.87. The van der Waals surface area contributed by atoms with Crippen LogP contribution in [0.4, 0.5) is 15.8 Å². The molecule has 2 N–H and O–H groups in total. The summed E-state index contributed by atoms with van der Waals surface area (Å²) >= 11 is 5.89. The molecular weight excluding hydrogens is 577 g/mol. The van der Waals surface area contributed by atoms with E-state index in [1.54, 1.807) is 37.3 Å². The predicted octanol–water partition coefficient (Wildman–Crippen LogP) is 5.21. The van der Waals surface area contributed by atoms with Gasteiger partial charge in [-0.1, -0.05) is 41.9 Å². The minimum Gasteiger partial charge on any atom is -0.489 e. The van der Waals surface area contributed by atoms with Crippen molar-refractivity contribution in [3.63, 3.8) is 0 Å². The fourth-order valence-electron chi connectivity index (χ4n) is 4.73. The third-order valence-corrected chi connectivity index (χ3v) is 7.18. The van der Waals surface area contributed by atoms with Gasteiger partial charge in [0, 0.05) is 29.0 Å². The molecule has 9 nitrogen and oxygen atoms in total. The fourth-order valence-corrected chi connectivity index (χ4v) is 4.86. The Labute approximate surface area is 251 Å². The second-order valence-electron chi connectivity index (χ2n) is 9.82. The van der Waals surface area contributed by atoms with Crippen molar-refractivity contribution in [2.24, 2.45) is 17.8 Å². The number of ether oxygens (including phenoxy) is 2. The summed E-state index contributed by atoms with van der Waals surface area (Å²) in [5, 5.41) is 5.61. The third-order valence-electron chi connectivity index (χ3n) is 6.92. The Morgan fingerprint density at radius 1 is 0.884 bits per heavy atom. The molecule has 1 aliphatic carbocycles. The maximum atomic E-state index is 15.1. The van der Waals surface area contributed by atoms with Gasteiger partial charge >= 0.3 is 5.97 Å².